The van der Waals surface area contributed by atoms with Gasteiger partial charge in [-0.2, -0.15) is 5.10 Å². The number of ether oxygens (including phenoxy) is 3. The van der Waals surface area contributed by atoms with Crippen molar-refractivity contribution >= 4 is 18.1 Å². The van der Waals surface area contributed by atoms with Crippen LogP contribution in [0.15, 0.2) is 77.9 Å². The highest BCUT2D eigenvalue weighted by Gasteiger charge is 2.13. The van der Waals surface area contributed by atoms with Gasteiger partial charge in [-0.15, -0.1) is 0 Å². The molecule has 0 atom stereocenters. The molecule has 7 heteroatoms. The largest absolute Gasteiger partial charge is 0.497 e. The molecule has 31 heavy (non-hydrogen) atoms. The summed E-state index contributed by atoms with van der Waals surface area (Å²) in [5, 5.41) is 3.98. The number of nitrogens with one attached hydrogen (secondary N) is 1. The fraction of sp³-hybridized carbons (Fsp3) is 0.125. The quantitative estimate of drug-likeness (QED) is 0.258. The molecule has 3 rings (SSSR count). The topological polar surface area (TPSA) is 86.2 Å². The molecule has 0 unspecified atom stereocenters. The van der Waals surface area contributed by atoms with E-state index in [2.05, 4.69) is 10.5 Å². The first-order valence-corrected chi connectivity index (χ1v) is 9.62. The fourth-order valence-corrected chi connectivity index (χ4v) is 2.66. The summed E-state index contributed by atoms with van der Waals surface area (Å²) in [5.41, 5.74) is 4.03. The molecule has 0 radical (unpaired) electrons. The zero-order chi connectivity index (χ0) is 22.1. The molecule has 0 heterocycles. The number of hydrogen-bond acceptors (Lipinski definition) is 6. The van der Waals surface area contributed by atoms with Gasteiger partial charge in [-0.05, 0) is 67.1 Å². The third kappa shape index (κ3) is 5.93. The summed E-state index contributed by atoms with van der Waals surface area (Å²) in [5.74, 6) is 0.538. The Morgan fingerprint density at radius 1 is 0.935 bits per heavy atom. The van der Waals surface area contributed by atoms with Gasteiger partial charge in [-0.1, -0.05) is 18.2 Å². The van der Waals surface area contributed by atoms with Crippen LogP contribution in [0.25, 0.3) is 0 Å². The number of hydrazone groups is 1. The molecule has 0 bridgehead atoms. The second-order valence-corrected chi connectivity index (χ2v) is 6.32. The smallest absolute Gasteiger partial charge is 0.343 e. The number of carbonyl (C=O) groups excluding carboxylic acids is 2. The standard InChI is InChI=1S/C24H22N2O5/c1-3-30-22-15-17(9-14-21(22)31-24(28)19-7-5-4-6-8-19)16-25-26-23(27)18-10-12-20(29-2)13-11-18/h4-16H,3H2,1-2H3,(H,26,27). The van der Waals surface area contributed by atoms with Crippen LogP contribution in [0.5, 0.6) is 17.2 Å². The van der Waals surface area contributed by atoms with Gasteiger partial charge in [0.2, 0.25) is 0 Å². The third-order valence-corrected chi connectivity index (χ3v) is 4.21. The van der Waals surface area contributed by atoms with Crippen LogP contribution in [0, 0.1) is 0 Å². The summed E-state index contributed by atoms with van der Waals surface area (Å²) in [6, 6.07) is 20.4. The van der Waals surface area contributed by atoms with Crippen molar-refractivity contribution < 1.29 is 23.8 Å². The van der Waals surface area contributed by atoms with Crippen LogP contribution < -0.4 is 19.6 Å². The average molecular weight is 418 g/mol. The van der Waals surface area contributed by atoms with Crippen molar-refractivity contribution in [3.8, 4) is 17.2 Å². The maximum atomic E-state index is 12.3. The van der Waals surface area contributed by atoms with E-state index in [1.54, 1.807) is 73.8 Å². The molecule has 0 saturated heterocycles. The van der Waals surface area contributed by atoms with E-state index in [4.69, 9.17) is 14.2 Å². The molecule has 0 fully saturated rings. The minimum atomic E-state index is -0.477. The number of carbonyl (C=O) groups is 2. The Morgan fingerprint density at radius 3 is 2.35 bits per heavy atom. The lowest BCUT2D eigenvalue weighted by Gasteiger charge is -2.11. The van der Waals surface area contributed by atoms with E-state index < -0.39 is 5.97 Å². The molecule has 1 N–H and O–H groups in total. The first-order valence-electron chi connectivity index (χ1n) is 9.62. The van der Waals surface area contributed by atoms with E-state index in [1.165, 1.54) is 6.21 Å². The molecule has 0 aliphatic heterocycles. The Hall–Kier alpha value is -4.13. The van der Waals surface area contributed by atoms with Crippen LogP contribution in [0.1, 0.15) is 33.2 Å². The van der Waals surface area contributed by atoms with Crippen molar-refractivity contribution in [2.75, 3.05) is 13.7 Å². The molecule has 1 amide bonds. The van der Waals surface area contributed by atoms with E-state index in [9.17, 15) is 9.59 Å². The molecule has 0 spiro atoms. The van der Waals surface area contributed by atoms with Crippen LogP contribution in [-0.2, 0) is 0 Å². The Bertz CT molecular complexity index is 1060. The minimum Gasteiger partial charge on any atom is -0.497 e. The van der Waals surface area contributed by atoms with Crippen LogP contribution in [0.4, 0.5) is 0 Å². The number of methoxy groups -OCH3 is 1. The van der Waals surface area contributed by atoms with Crippen LogP contribution in [0.3, 0.4) is 0 Å². The average Bonchev–Trinajstić information content (AvgIpc) is 2.81. The summed E-state index contributed by atoms with van der Waals surface area (Å²) in [7, 11) is 1.56. The van der Waals surface area contributed by atoms with E-state index in [1.807, 2.05) is 13.0 Å². The number of benzene rings is 3. The number of rotatable bonds is 8. The van der Waals surface area contributed by atoms with E-state index in [-0.39, 0.29) is 5.91 Å². The van der Waals surface area contributed by atoms with Gasteiger partial charge in [-0.3, -0.25) is 4.79 Å². The summed E-state index contributed by atoms with van der Waals surface area (Å²) in [6.45, 7) is 2.23. The highest BCUT2D eigenvalue weighted by atomic mass is 16.6. The molecule has 0 aliphatic rings. The Labute approximate surface area is 180 Å². The molecule has 3 aromatic carbocycles. The van der Waals surface area contributed by atoms with Gasteiger partial charge in [0.25, 0.3) is 5.91 Å². The van der Waals surface area contributed by atoms with Crippen molar-refractivity contribution in [1.29, 1.82) is 0 Å². The Kier molecular flexibility index (Phi) is 7.37. The second kappa shape index (κ2) is 10.6. The van der Waals surface area contributed by atoms with Crippen LogP contribution in [0.2, 0.25) is 0 Å². The van der Waals surface area contributed by atoms with E-state index in [0.29, 0.717) is 40.5 Å². The van der Waals surface area contributed by atoms with Gasteiger partial charge >= 0.3 is 5.97 Å². The Balaban J connectivity index is 1.68. The molecule has 0 aromatic heterocycles. The summed E-state index contributed by atoms with van der Waals surface area (Å²) in [6.07, 6.45) is 1.48. The van der Waals surface area contributed by atoms with Gasteiger partial charge in [0.05, 0.1) is 25.5 Å². The van der Waals surface area contributed by atoms with Gasteiger partial charge in [0, 0.05) is 5.56 Å². The van der Waals surface area contributed by atoms with E-state index >= 15 is 0 Å². The molecule has 158 valence electrons. The number of hydrogen-bond donors (Lipinski definition) is 1. The zero-order valence-corrected chi connectivity index (χ0v) is 17.2. The van der Waals surface area contributed by atoms with Crippen LogP contribution >= 0.6 is 0 Å². The number of esters is 1. The summed E-state index contributed by atoms with van der Waals surface area (Å²) in [4.78, 5) is 24.5. The summed E-state index contributed by atoms with van der Waals surface area (Å²) >= 11 is 0. The molecular formula is C24H22N2O5. The second-order valence-electron chi connectivity index (χ2n) is 6.32. The molecule has 0 aliphatic carbocycles. The molecule has 0 saturated carbocycles. The lowest BCUT2D eigenvalue weighted by Crippen LogP contribution is -2.17. The monoisotopic (exact) mass is 418 g/mol. The zero-order valence-electron chi connectivity index (χ0n) is 17.2. The van der Waals surface area contributed by atoms with Gasteiger partial charge in [-0.25, -0.2) is 10.2 Å². The molecule has 7 nitrogen and oxygen atoms in total. The summed E-state index contributed by atoms with van der Waals surface area (Å²) < 4.78 is 16.1. The molecular weight excluding hydrogens is 396 g/mol. The van der Waals surface area contributed by atoms with Crippen molar-refractivity contribution in [2.45, 2.75) is 6.92 Å². The van der Waals surface area contributed by atoms with Crippen LogP contribution in [-0.4, -0.2) is 31.8 Å². The number of amides is 1. The first-order chi connectivity index (χ1) is 15.1. The van der Waals surface area contributed by atoms with Gasteiger partial charge in [0.1, 0.15) is 5.75 Å². The van der Waals surface area contributed by atoms with Crippen molar-refractivity contribution in [3.05, 3.63) is 89.5 Å². The van der Waals surface area contributed by atoms with Crippen molar-refractivity contribution in [3.63, 3.8) is 0 Å². The van der Waals surface area contributed by atoms with Gasteiger partial charge in [0.15, 0.2) is 11.5 Å². The SMILES string of the molecule is CCOc1cc(C=NNC(=O)c2ccc(OC)cc2)ccc1OC(=O)c1ccccc1. The third-order valence-electron chi connectivity index (χ3n) is 4.21. The first kappa shape index (κ1) is 21.6. The Morgan fingerprint density at radius 2 is 1.68 bits per heavy atom. The fourth-order valence-electron chi connectivity index (χ4n) is 2.66. The van der Waals surface area contributed by atoms with Crippen molar-refractivity contribution in [1.82, 2.24) is 5.43 Å². The molecule has 3 aromatic rings. The lowest BCUT2D eigenvalue weighted by molar-refractivity contribution is 0.0728. The predicted molar refractivity (Wildman–Crippen MR) is 117 cm³/mol. The van der Waals surface area contributed by atoms with Crippen molar-refractivity contribution in [2.24, 2.45) is 5.10 Å². The maximum Gasteiger partial charge on any atom is 0.343 e. The number of nitrogens with zero attached hydrogens (tertiary/aromatic N) is 1. The highest BCUT2D eigenvalue weighted by Crippen LogP contribution is 2.29. The lowest BCUT2D eigenvalue weighted by atomic mass is 10.2. The maximum absolute atomic E-state index is 12.3. The predicted octanol–water partition coefficient (Wildman–Crippen LogP) is 4.08. The normalized spacial score (nSPS) is 10.5. The van der Waals surface area contributed by atoms with E-state index in [0.717, 1.165) is 0 Å². The highest BCUT2D eigenvalue weighted by molar-refractivity contribution is 5.95. The van der Waals surface area contributed by atoms with Gasteiger partial charge < -0.3 is 14.2 Å². The minimum absolute atomic E-state index is 0.301.